The first kappa shape index (κ1) is 15.4. The van der Waals surface area contributed by atoms with Crippen LogP contribution in [0, 0.1) is 11.3 Å². The molecule has 2 aliphatic rings. The number of halogens is 3. The van der Waals surface area contributed by atoms with Crippen LogP contribution in [-0.2, 0) is 0 Å². The third-order valence-electron chi connectivity index (χ3n) is 5.06. The zero-order valence-electron chi connectivity index (χ0n) is 12.3. The summed E-state index contributed by atoms with van der Waals surface area (Å²) in [6.45, 7) is 5.82. The van der Waals surface area contributed by atoms with Gasteiger partial charge in [0.25, 0.3) is 0 Å². The summed E-state index contributed by atoms with van der Waals surface area (Å²) in [7, 11) is 0. The highest BCUT2D eigenvalue weighted by Gasteiger charge is 2.56. The third kappa shape index (κ3) is 2.74. The Morgan fingerprint density at radius 2 is 1.90 bits per heavy atom. The molecule has 0 spiro atoms. The molecule has 0 aromatic carbocycles. The van der Waals surface area contributed by atoms with Gasteiger partial charge in [-0.1, -0.05) is 13.3 Å². The Morgan fingerprint density at radius 1 is 1.30 bits per heavy atom. The van der Waals surface area contributed by atoms with E-state index in [1.165, 1.54) is 18.7 Å². The number of hydrogen-bond donors (Lipinski definition) is 1. The second-order valence-corrected chi connectivity index (χ2v) is 7.01. The fourth-order valence-corrected chi connectivity index (χ4v) is 3.36. The molecule has 1 heterocycles. The molecule has 0 aromatic rings. The second kappa shape index (κ2) is 4.81. The van der Waals surface area contributed by atoms with E-state index < -0.39 is 17.6 Å². The molecule has 1 atom stereocenters. The maximum atomic E-state index is 13.0. The largest absolute Gasteiger partial charge is 0.394 e. The van der Waals surface area contributed by atoms with Crippen LogP contribution in [0.3, 0.4) is 0 Å². The van der Waals surface area contributed by atoms with Crippen molar-refractivity contribution in [2.45, 2.75) is 58.2 Å². The van der Waals surface area contributed by atoms with Crippen molar-refractivity contribution in [1.29, 1.82) is 0 Å². The number of alkyl halides is 3. The monoisotopic (exact) mass is 292 g/mol. The van der Waals surface area contributed by atoms with Gasteiger partial charge >= 0.3 is 12.2 Å². The van der Waals surface area contributed by atoms with Gasteiger partial charge in [0.05, 0.1) is 11.5 Å². The Balaban J connectivity index is 1.97. The summed E-state index contributed by atoms with van der Waals surface area (Å²) in [5, 5.41) is 2.81. The van der Waals surface area contributed by atoms with Gasteiger partial charge in [-0.3, -0.25) is 0 Å². The highest BCUT2D eigenvalue weighted by atomic mass is 19.4. The molecule has 1 saturated heterocycles. The molecular formula is C14H23F3N2O. The minimum Gasteiger partial charge on any atom is -0.337 e. The van der Waals surface area contributed by atoms with E-state index in [2.05, 4.69) is 12.2 Å². The quantitative estimate of drug-likeness (QED) is 0.829. The van der Waals surface area contributed by atoms with E-state index in [1.54, 1.807) is 0 Å². The Morgan fingerprint density at radius 3 is 2.30 bits per heavy atom. The molecule has 2 fully saturated rings. The standard InChI is InChI=1S/C14H23F3N2O/c1-12(2)10(14(15,16)17)5-8-19(12)11(20)18-9-13(3)6-4-7-13/h10H,4-9H2,1-3H3,(H,18,20). The van der Waals surface area contributed by atoms with Gasteiger partial charge in [0.2, 0.25) is 0 Å². The number of hydrogen-bond acceptors (Lipinski definition) is 1. The molecule has 2 rings (SSSR count). The van der Waals surface area contributed by atoms with Gasteiger partial charge in [0, 0.05) is 13.1 Å². The van der Waals surface area contributed by atoms with Crippen molar-refractivity contribution in [1.82, 2.24) is 10.2 Å². The molecule has 1 aliphatic heterocycles. The smallest absolute Gasteiger partial charge is 0.337 e. The normalized spacial score (nSPS) is 28.1. The van der Waals surface area contributed by atoms with Crippen LogP contribution in [0.2, 0.25) is 0 Å². The van der Waals surface area contributed by atoms with Crippen molar-refractivity contribution in [3.05, 3.63) is 0 Å². The fourth-order valence-electron chi connectivity index (χ4n) is 3.36. The molecule has 6 heteroatoms. The predicted octanol–water partition coefficient (Wildman–Crippen LogP) is 3.55. The summed E-state index contributed by atoms with van der Waals surface area (Å²) in [6, 6.07) is -0.366. The van der Waals surface area contributed by atoms with Gasteiger partial charge in [-0.25, -0.2) is 4.79 Å². The fraction of sp³-hybridized carbons (Fsp3) is 0.929. The number of carbonyl (C=O) groups is 1. The predicted molar refractivity (Wildman–Crippen MR) is 70.3 cm³/mol. The van der Waals surface area contributed by atoms with Crippen LogP contribution in [0.5, 0.6) is 0 Å². The lowest BCUT2D eigenvalue weighted by Crippen LogP contribution is -2.54. The number of urea groups is 1. The van der Waals surface area contributed by atoms with Crippen molar-refractivity contribution in [3.63, 3.8) is 0 Å². The van der Waals surface area contributed by atoms with E-state index >= 15 is 0 Å². The van der Waals surface area contributed by atoms with Crippen LogP contribution in [0.1, 0.15) is 46.5 Å². The molecule has 1 N–H and O–H groups in total. The molecule has 20 heavy (non-hydrogen) atoms. The van der Waals surface area contributed by atoms with E-state index in [9.17, 15) is 18.0 Å². The highest BCUT2D eigenvalue weighted by Crippen LogP contribution is 2.45. The topological polar surface area (TPSA) is 32.3 Å². The maximum absolute atomic E-state index is 13.0. The molecule has 3 nitrogen and oxygen atoms in total. The van der Waals surface area contributed by atoms with Crippen LogP contribution in [-0.4, -0.2) is 35.7 Å². The first-order valence-corrected chi connectivity index (χ1v) is 7.18. The molecule has 116 valence electrons. The molecule has 2 amide bonds. The van der Waals surface area contributed by atoms with Crippen molar-refractivity contribution in [2.24, 2.45) is 11.3 Å². The lowest BCUT2D eigenvalue weighted by atomic mass is 9.70. The first-order chi connectivity index (χ1) is 9.06. The van der Waals surface area contributed by atoms with Crippen LogP contribution >= 0.6 is 0 Å². The summed E-state index contributed by atoms with van der Waals surface area (Å²) < 4.78 is 38.9. The van der Waals surface area contributed by atoms with Crippen LogP contribution in [0.15, 0.2) is 0 Å². The van der Waals surface area contributed by atoms with Crippen LogP contribution < -0.4 is 5.32 Å². The molecule has 1 unspecified atom stereocenters. The maximum Gasteiger partial charge on any atom is 0.394 e. The Labute approximate surface area is 117 Å². The van der Waals surface area contributed by atoms with Gasteiger partial charge in [-0.05, 0) is 38.5 Å². The molecule has 0 aromatic heterocycles. The van der Waals surface area contributed by atoms with E-state index in [-0.39, 0.29) is 24.4 Å². The van der Waals surface area contributed by atoms with Crippen molar-refractivity contribution in [2.75, 3.05) is 13.1 Å². The average Bonchev–Trinajstić information content (AvgIpc) is 2.58. The van der Waals surface area contributed by atoms with Crippen molar-refractivity contribution in [3.8, 4) is 0 Å². The molecule has 0 radical (unpaired) electrons. The third-order valence-corrected chi connectivity index (χ3v) is 5.06. The Bertz CT molecular complexity index is 388. The van der Waals surface area contributed by atoms with E-state index in [0.717, 1.165) is 19.3 Å². The van der Waals surface area contributed by atoms with Gasteiger partial charge in [0.1, 0.15) is 0 Å². The highest BCUT2D eigenvalue weighted by molar-refractivity contribution is 5.75. The number of nitrogens with zero attached hydrogens (tertiary/aromatic N) is 1. The zero-order chi connectivity index (χ0) is 15.2. The number of nitrogens with one attached hydrogen (secondary N) is 1. The second-order valence-electron chi connectivity index (χ2n) is 7.01. The number of carbonyl (C=O) groups excluding carboxylic acids is 1. The summed E-state index contributed by atoms with van der Waals surface area (Å²) in [4.78, 5) is 13.5. The van der Waals surface area contributed by atoms with Gasteiger partial charge in [0.15, 0.2) is 0 Å². The van der Waals surface area contributed by atoms with Crippen molar-refractivity contribution >= 4 is 6.03 Å². The first-order valence-electron chi connectivity index (χ1n) is 7.18. The summed E-state index contributed by atoms with van der Waals surface area (Å²) >= 11 is 0. The van der Waals surface area contributed by atoms with E-state index in [1.807, 2.05) is 0 Å². The Kier molecular flexibility index (Phi) is 3.71. The summed E-state index contributed by atoms with van der Waals surface area (Å²) in [6.07, 6.45) is -0.957. The Hall–Kier alpha value is -0.940. The van der Waals surface area contributed by atoms with Gasteiger partial charge < -0.3 is 10.2 Å². The molecular weight excluding hydrogens is 269 g/mol. The number of rotatable bonds is 2. The lowest BCUT2D eigenvalue weighted by Gasteiger charge is -2.40. The zero-order valence-corrected chi connectivity index (χ0v) is 12.3. The summed E-state index contributed by atoms with van der Waals surface area (Å²) in [5.74, 6) is -1.44. The minimum absolute atomic E-state index is 0.0127. The van der Waals surface area contributed by atoms with Gasteiger partial charge in [-0.15, -0.1) is 0 Å². The summed E-state index contributed by atoms with van der Waals surface area (Å²) in [5.41, 5.74) is -1.05. The van der Waals surface area contributed by atoms with E-state index in [0.29, 0.717) is 6.54 Å². The molecule has 0 bridgehead atoms. The molecule has 1 saturated carbocycles. The van der Waals surface area contributed by atoms with Crippen molar-refractivity contribution < 1.29 is 18.0 Å². The van der Waals surface area contributed by atoms with Crippen LogP contribution in [0.25, 0.3) is 0 Å². The lowest BCUT2D eigenvalue weighted by molar-refractivity contribution is -0.189. The average molecular weight is 292 g/mol. The number of likely N-dealkylation sites (tertiary alicyclic amines) is 1. The van der Waals surface area contributed by atoms with Gasteiger partial charge in [-0.2, -0.15) is 13.2 Å². The minimum atomic E-state index is -4.25. The number of amides is 2. The van der Waals surface area contributed by atoms with E-state index in [4.69, 9.17) is 0 Å². The molecule has 1 aliphatic carbocycles. The van der Waals surface area contributed by atoms with Crippen LogP contribution in [0.4, 0.5) is 18.0 Å². The SMILES string of the molecule is CC1(CNC(=O)N2CCC(C(F)(F)F)C2(C)C)CCC1.